The van der Waals surface area contributed by atoms with E-state index in [9.17, 15) is 14.9 Å². The number of nitrogens with zero attached hydrogens (tertiary/aromatic N) is 2. The second kappa shape index (κ2) is 10.2. The molecule has 0 spiro atoms. The van der Waals surface area contributed by atoms with Crippen molar-refractivity contribution in [3.05, 3.63) is 69.3 Å². The standard InChI is InChI=1S/C23H30N4O3/c1-3-25(4-2)17-19-9-7-18(8-10-19)16-24-23(28)21-15-20(27(29)30)11-12-22(21)26-13-5-6-14-26/h7-12,15H,3-6,13-14,16-17H2,1-2H3,(H,24,28)/p+1. The number of anilines is 1. The number of nitro benzene ring substituents is 1. The number of nitrogens with one attached hydrogen (secondary N) is 2. The summed E-state index contributed by atoms with van der Waals surface area (Å²) in [5, 5.41) is 14.1. The second-order valence-electron chi connectivity index (χ2n) is 7.79. The van der Waals surface area contributed by atoms with E-state index >= 15 is 0 Å². The second-order valence-corrected chi connectivity index (χ2v) is 7.79. The van der Waals surface area contributed by atoms with Crippen molar-refractivity contribution in [3.63, 3.8) is 0 Å². The molecule has 0 unspecified atom stereocenters. The maximum atomic E-state index is 12.9. The molecular weight excluding hydrogens is 380 g/mol. The Bertz CT molecular complexity index is 873. The van der Waals surface area contributed by atoms with Crippen LogP contribution in [0.1, 0.15) is 48.2 Å². The molecule has 0 saturated carbocycles. The van der Waals surface area contributed by atoms with Crippen molar-refractivity contribution in [2.75, 3.05) is 31.1 Å². The fourth-order valence-electron chi connectivity index (χ4n) is 3.89. The molecule has 7 nitrogen and oxygen atoms in total. The van der Waals surface area contributed by atoms with Crippen molar-refractivity contribution < 1.29 is 14.6 Å². The summed E-state index contributed by atoms with van der Waals surface area (Å²) in [6.45, 7) is 9.68. The van der Waals surface area contributed by atoms with Crippen molar-refractivity contribution in [1.82, 2.24) is 5.32 Å². The highest BCUT2D eigenvalue weighted by molar-refractivity contribution is 6.00. The number of carbonyl (C=O) groups is 1. The van der Waals surface area contributed by atoms with Crippen LogP contribution < -0.4 is 15.1 Å². The van der Waals surface area contributed by atoms with E-state index in [4.69, 9.17) is 0 Å². The van der Waals surface area contributed by atoms with E-state index in [1.54, 1.807) is 6.07 Å². The van der Waals surface area contributed by atoms with Gasteiger partial charge in [-0.15, -0.1) is 0 Å². The molecule has 0 bridgehead atoms. The van der Waals surface area contributed by atoms with E-state index in [0.29, 0.717) is 12.1 Å². The molecule has 160 valence electrons. The van der Waals surface area contributed by atoms with Crippen LogP contribution in [0.4, 0.5) is 11.4 Å². The van der Waals surface area contributed by atoms with Crippen LogP contribution in [0.2, 0.25) is 0 Å². The SMILES string of the molecule is CC[NH+](CC)Cc1ccc(CNC(=O)c2cc([N+](=O)[O-])ccc2N2CCCC2)cc1. The Balaban J connectivity index is 1.69. The molecule has 7 heteroatoms. The van der Waals surface area contributed by atoms with E-state index < -0.39 is 4.92 Å². The van der Waals surface area contributed by atoms with Gasteiger partial charge in [-0.2, -0.15) is 0 Å². The maximum absolute atomic E-state index is 12.9. The van der Waals surface area contributed by atoms with Crippen molar-refractivity contribution in [1.29, 1.82) is 0 Å². The number of carbonyl (C=O) groups excluding carboxylic acids is 1. The first-order valence-corrected chi connectivity index (χ1v) is 10.7. The van der Waals surface area contributed by atoms with Crippen molar-refractivity contribution in [2.45, 2.75) is 39.8 Å². The van der Waals surface area contributed by atoms with E-state index in [-0.39, 0.29) is 11.6 Å². The zero-order chi connectivity index (χ0) is 21.5. The Labute approximate surface area is 177 Å². The fourth-order valence-corrected chi connectivity index (χ4v) is 3.89. The summed E-state index contributed by atoms with van der Waals surface area (Å²) in [5.41, 5.74) is 3.36. The van der Waals surface area contributed by atoms with E-state index in [1.165, 1.54) is 22.6 Å². The number of amides is 1. The number of rotatable bonds is 9. The topological polar surface area (TPSA) is 79.9 Å². The molecule has 2 aromatic carbocycles. The molecule has 0 aromatic heterocycles. The van der Waals surface area contributed by atoms with E-state index in [1.807, 2.05) is 12.1 Å². The monoisotopic (exact) mass is 411 g/mol. The lowest BCUT2D eigenvalue weighted by atomic mass is 10.1. The van der Waals surface area contributed by atoms with Gasteiger partial charge < -0.3 is 15.1 Å². The Morgan fingerprint density at radius 2 is 1.70 bits per heavy atom. The van der Waals surface area contributed by atoms with Crippen molar-refractivity contribution in [2.24, 2.45) is 0 Å². The molecule has 1 aliphatic heterocycles. The zero-order valence-corrected chi connectivity index (χ0v) is 17.8. The minimum absolute atomic E-state index is 0.0636. The average molecular weight is 412 g/mol. The van der Waals surface area contributed by atoms with E-state index in [2.05, 4.69) is 36.2 Å². The summed E-state index contributed by atoms with van der Waals surface area (Å²) >= 11 is 0. The van der Waals surface area contributed by atoms with Gasteiger partial charge in [-0.1, -0.05) is 24.3 Å². The Morgan fingerprint density at radius 1 is 1.07 bits per heavy atom. The predicted octanol–water partition coefficient (Wildman–Crippen LogP) is 2.55. The molecule has 1 aliphatic rings. The molecule has 1 heterocycles. The third-order valence-corrected chi connectivity index (χ3v) is 5.81. The smallest absolute Gasteiger partial charge is 0.270 e. The minimum atomic E-state index is -0.457. The quantitative estimate of drug-likeness (QED) is 0.491. The first kappa shape index (κ1) is 21.8. The number of quaternary nitrogens is 1. The molecule has 1 amide bonds. The van der Waals surface area contributed by atoms with Crippen LogP contribution in [0.5, 0.6) is 0 Å². The summed E-state index contributed by atoms with van der Waals surface area (Å²) < 4.78 is 0. The molecule has 0 atom stereocenters. The number of hydrogen-bond acceptors (Lipinski definition) is 4. The molecule has 0 aliphatic carbocycles. The van der Waals surface area contributed by atoms with Crippen LogP contribution in [0.3, 0.4) is 0 Å². The van der Waals surface area contributed by atoms with Crippen LogP contribution in [0, 0.1) is 10.1 Å². The van der Waals surface area contributed by atoms with Crippen LogP contribution >= 0.6 is 0 Å². The van der Waals surface area contributed by atoms with E-state index in [0.717, 1.165) is 56.8 Å². The highest BCUT2D eigenvalue weighted by atomic mass is 16.6. The van der Waals surface area contributed by atoms with Crippen LogP contribution in [-0.2, 0) is 13.1 Å². The first-order valence-electron chi connectivity index (χ1n) is 10.7. The molecule has 1 fully saturated rings. The number of benzene rings is 2. The Hall–Kier alpha value is -2.93. The molecule has 0 radical (unpaired) electrons. The third-order valence-electron chi connectivity index (χ3n) is 5.81. The van der Waals surface area contributed by atoms with Gasteiger partial charge in [0.1, 0.15) is 6.54 Å². The lowest BCUT2D eigenvalue weighted by Crippen LogP contribution is -3.10. The van der Waals surface area contributed by atoms with Gasteiger partial charge in [-0.25, -0.2) is 0 Å². The van der Waals surface area contributed by atoms with Gasteiger partial charge in [0.05, 0.1) is 29.3 Å². The van der Waals surface area contributed by atoms with Crippen LogP contribution in [-0.4, -0.2) is 37.0 Å². The highest BCUT2D eigenvalue weighted by Crippen LogP contribution is 2.28. The lowest BCUT2D eigenvalue weighted by molar-refractivity contribution is -0.910. The number of hydrogen-bond donors (Lipinski definition) is 2. The summed E-state index contributed by atoms with van der Waals surface area (Å²) in [4.78, 5) is 27.3. The Morgan fingerprint density at radius 3 is 2.30 bits per heavy atom. The van der Waals surface area contributed by atoms with Gasteiger partial charge in [0, 0.05) is 37.3 Å². The minimum Gasteiger partial charge on any atom is -0.371 e. The van der Waals surface area contributed by atoms with Crippen molar-refractivity contribution in [3.8, 4) is 0 Å². The highest BCUT2D eigenvalue weighted by Gasteiger charge is 2.22. The summed E-state index contributed by atoms with van der Waals surface area (Å²) in [7, 11) is 0. The van der Waals surface area contributed by atoms with Gasteiger partial charge in [-0.05, 0) is 38.3 Å². The zero-order valence-electron chi connectivity index (χ0n) is 17.8. The first-order chi connectivity index (χ1) is 14.5. The molecule has 2 N–H and O–H groups in total. The molecule has 2 aromatic rings. The fraction of sp³-hybridized carbons (Fsp3) is 0.435. The lowest BCUT2D eigenvalue weighted by Gasteiger charge is -2.21. The summed E-state index contributed by atoms with van der Waals surface area (Å²) in [6.07, 6.45) is 2.14. The average Bonchev–Trinajstić information content (AvgIpc) is 3.31. The Kier molecular flexibility index (Phi) is 7.41. The summed E-state index contributed by atoms with van der Waals surface area (Å²) in [6, 6.07) is 12.8. The molecular formula is C23H31N4O3+. The van der Waals surface area contributed by atoms with Gasteiger partial charge in [0.15, 0.2) is 0 Å². The van der Waals surface area contributed by atoms with Gasteiger partial charge in [0.2, 0.25) is 0 Å². The molecule has 30 heavy (non-hydrogen) atoms. The van der Waals surface area contributed by atoms with Gasteiger partial charge in [-0.3, -0.25) is 14.9 Å². The third kappa shape index (κ3) is 5.36. The molecule has 1 saturated heterocycles. The van der Waals surface area contributed by atoms with Crippen molar-refractivity contribution >= 4 is 17.3 Å². The predicted molar refractivity (Wildman–Crippen MR) is 118 cm³/mol. The van der Waals surface area contributed by atoms with Gasteiger partial charge >= 0.3 is 0 Å². The van der Waals surface area contributed by atoms with Crippen LogP contribution in [0.15, 0.2) is 42.5 Å². The largest absolute Gasteiger partial charge is 0.371 e. The number of nitro groups is 1. The van der Waals surface area contributed by atoms with Crippen LogP contribution in [0.25, 0.3) is 0 Å². The number of non-ortho nitro benzene ring substituents is 1. The molecule has 3 rings (SSSR count). The van der Waals surface area contributed by atoms with Gasteiger partial charge in [0.25, 0.3) is 11.6 Å². The normalized spacial score (nSPS) is 13.6. The summed E-state index contributed by atoms with van der Waals surface area (Å²) in [5.74, 6) is -0.280. The maximum Gasteiger partial charge on any atom is 0.270 e.